The molecule has 0 saturated carbocycles. The fourth-order valence-corrected chi connectivity index (χ4v) is 1.37. The van der Waals surface area contributed by atoms with Gasteiger partial charge in [-0.2, -0.15) is 0 Å². The third kappa shape index (κ3) is 2.74. The molecule has 0 aliphatic rings. The molecule has 0 unspecified atom stereocenters. The van der Waals surface area contributed by atoms with Crippen molar-refractivity contribution in [1.82, 2.24) is 4.90 Å². The van der Waals surface area contributed by atoms with Crippen LogP contribution in [0.3, 0.4) is 0 Å². The minimum absolute atomic E-state index is 0.921. The Morgan fingerprint density at radius 3 is 2.54 bits per heavy atom. The normalized spacial score (nSPS) is 10.5. The van der Waals surface area contributed by atoms with Gasteiger partial charge in [-0.1, -0.05) is 17.7 Å². The van der Waals surface area contributed by atoms with E-state index in [-0.39, 0.29) is 0 Å². The van der Waals surface area contributed by atoms with Crippen molar-refractivity contribution in [3.05, 3.63) is 29.3 Å². The van der Waals surface area contributed by atoms with E-state index in [2.05, 4.69) is 38.1 Å². The number of aryl methyl sites for hydroxylation is 1. The molecule has 2 nitrogen and oxygen atoms in total. The van der Waals surface area contributed by atoms with Gasteiger partial charge >= 0.3 is 0 Å². The summed E-state index contributed by atoms with van der Waals surface area (Å²) >= 11 is 0. The van der Waals surface area contributed by atoms with Crippen LogP contribution >= 0.6 is 0 Å². The smallest absolute Gasteiger partial charge is 0.123 e. The molecule has 0 radical (unpaired) electrons. The molecule has 0 amide bonds. The van der Waals surface area contributed by atoms with Gasteiger partial charge in [0.2, 0.25) is 0 Å². The SMILES string of the molecule is COc1ccc(C)cc1CN(C)C. The molecule has 1 aromatic carbocycles. The van der Waals surface area contributed by atoms with Crippen molar-refractivity contribution in [3.63, 3.8) is 0 Å². The first-order valence-electron chi connectivity index (χ1n) is 4.41. The zero-order valence-corrected chi connectivity index (χ0v) is 8.79. The van der Waals surface area contributed by atoms with Crippen LogP contribution in [0.1, 0.15) is 11.1 Å². The molecule has 13 heavy (non-hydrogen) atoms. The Balaban J connectivity index is 2.94. The highest BCUT2D eigenvalue weighted by Gasteiger charge is 2.03. The highest BCUT2D eigenvalue weighted by Crippen LogP contribution is 2.20. The minimum atomic E-state index is 0.921. The van der Waals surface area contributed by atoms with Gasteiger partial charge in [0.15, 0.2) is 0 Å². The molecule has 0 saturated heterocycles. The summed E-state index contributed by atoms with van der Waals surface area (Å²) in [6, 6.07) is 6.25. The van der Waals surface area contributed by atoms with E-state index in [4.69, 9.17) is 4.74 Å². The first-order chi connectivity index (χ1) is 6.13. The lowest BCUT2D eigenvalue weighted by Gasteiger charge is -2.13. The Kier molecular flexibility index (Phi) is 3.32. The first-order valence-corrected chi connectivity index (χ1v) is 4.41. The quantitative estimate of drug-likeness (QED) is 0.704. The summed E-state index contributed by atoms with van der Waals surface area (Å²) in [4.78, 5) is 2.14. The standard InChI is InChI=1S/C11H17NO/c1-9-5-6-11(13-4)10(7-9)8-12(2)3/h5-7H,8H2,1-4H3. The van der Waals surface area contributed by atoms with E-state index in [1.807, 2.05) is 6.07 Å². The van der Waals surface area contributed by atoms with E-state index in [9.17, 15) is 0 Å². The van der Waals surface area contributed by atoms with Crippen LogP contribution in [0.2, 0.25) is 0 Å². The molecular formula is C11H17NO. The van der Waals surface area contributed by atoms with E-state index >= 15 is 0 Å². The van der Waals surface area contributed by atoms with Gasteiger partial charge in [-0.25, -0.2) is 0 Å². The van der Waals surface area contributed by atoms with Gasteiger partial charge < -0.3 is 9.64 Å². The minimum Gasteiger partial charge on any atom is -0.496 e. The van der Waals surface area contributed by atoms with Gasteiger partial charge in [0.05, 0.1) is 7.11 Å². The van der Waals surface area contributed by atoms with Crippen LogP contribution < -0.4 is 4.74 Å². The lowest BCUT2D eigenvalue weighted by molar-refractivity contribution is 0.371. The van der Waals surface area contributed by atoms with Gasteiger partial charge in [-0.05, 0) is 27.1 Å². The maximum Gasteiger partial charge on any atom is 0.123 e. The zero-order chi connectivity index (χ0) is 9.84. The fourth-order valence-electron chi connectivity index (χ4n) is 1.37. The summed E-state index contributed by atoms with van der Waals surface area (Å²) in [5.74, 6) is 0.972. The van der Waals surface area contributed by atoms with Crippen molar-refractivity contribution in [2.45, 2.75) is 13.5 Å². The molecule has 0 aliphatic heterocycles. The Morgan fingerprint density at radius 1 is 1.31 bits per heavy atom. The number of nitrogens with zero attached hydrogens (tertiary/aromatic N) is 1. The van der Waals surface area contributed by atoms with Crippen molar-refractivity contribution in [2.24, 2.45) is 0 Å². The van der Waals surface area contributed by atoms with E-state index in [0.717, 1.165) is 12.3 Å². The Labute approximate surface area is 80.1 Å². The summed E-state index contributed by atoms with van der Waals surface area (Å²) in [7, 11) is 5.83. The van der Waals surface area contributed by atoms with Crippen LogP contribution in [-0.2, 0) is 6.54 Å². The Bertz CT molecular complexity index is 281. The van der Waals surface area contributed by atoms with E-state index in [0.29, 0.717) is 0 Å². The summed E-state index contributed by atoms with van der Waals surface area (Å²) in [5, 5.41) is 0. The van der Waals surface area contributed by atoms with Crippen LogP contribution in [0.25, 0.3) is 0 Å². The van der Waals surface area contributed by atoms with Gasteiger partial charge in [-0.15, -0.1) is 0 Å². The second-order valence-corrected chi connectivity index (χ2v) is 3.55. The molecule has 0 atom stereocenters. The highest BCUT2D eigenvalue weighted by atomic mass is 16.5. The molecular weight excluding hydrogens is 162 g/mol. The van der Waals surface area contributed by atoms with Crippen LogP contribution in [0.4, 0.5) is 0 Å². The average molecular weight is 179 g/mol. The predicted molar refractivity (Wildman–Crippen MR) is 55.1 cm³/mol. The molecule has 2 heteroatoms. The monoisotopic (exact) mass is 179 g/mol. The summed E-state index contributed by atoms with van der Waals surface area (Å²) in [5.41, 5.74) is 2.52. The zero-order valence-electron chi connectivity index (χ0n) is 8.79. The van der Waals surface area contributed by atoms with Crippen molar-refractivity contribution in [1.29, 1.82) is 0 Å². The van der Waals surface area contributed by atoms with Crippen molar-refractivity contribution < 1.29 is 4.74 Å². The van der Waals surface area contributed by atoms with Gasteiger partial charge in [-0.3, -0.25) is 0 Å². The maximum absolute atomic E-state index is 5.27. The number of rotatable bonds is 3. The molecule has 0 bridgehead atoms. The van der Waals surface area contributed by atoms with Crippen molar-refractivity contribution >= 4 is 0 Å². The van der Waals surface area contributed by atoms with Crippen molar-refractivity contribution in [2.75, 3.05) is 21.2 Å². The number of hydrogen-bond acceptors (Lipinski definition) is 2. The maximum atomic E-state index is 5.27. The lowest BCUT2D eigenvalue weighted by atomic mass is 10.1. The van der Waals surface area contributed by atoms with E-state index < -0.39 is 0 Å². The van der Waals surface area contributed by atoms with Gasteiger partial charge in [0.25, 0.3) is 0 Å². The highest BCUT2D eigenvalue weighted by molar-refractivity contribution is 5.36. The first kappa shape index (κ1) is 10.1. The number of methoxy groups -OCH3 is 1. The second-order valence-electron chi connectivity index (χ2n) is 3.55. The Hall–Kier alpha value is -1.02. The molecule has 1 rings (SSSR count). The van der Waals surface area contributed by atoms with E-state index in [1.165, 1.54) is 11.1 Å². The number of hydrogen-bond donors (Lipinski definition) is 0. The molecule has 0 heterocycles. The lowest BCUT2D eigenvalue weighted by Crippen LogP contribution is -2.11. The van der Waals surface area contributed by atoms with Crippen LogP contribution in [0.15, 0.2) is 18.2 Å². The molecule has 0 N–H and O–H groups in total. The molecule has 72 valence electrons. The molecule has 0 aromatic heterocycles. The van der Waals surface area contributed by atoms with E-state index in [1.54, 1.807) is 7.11 Å². The summed E-state index contributed by atoms with van der Waals surface area (Å²) < 4.78 is 5.27. The predicted octanol–water partition coefficient (Wildman–Crippen LogP) is 2.07. The molecule has 0 fully saturated rings. The number of benzene rings is 1. The van der Waals surface area contributed by atoms with Crippen LogP contribution in [0, 0.1) is 6.92 Å². The largest absolute Gasteiger partial charge is 0.496 e. The van der Waals surface area contributed by atoms with Gasteiger partial charge in [0, 0.05) is 12.1 Å². The topological polar surface area (TPSA) is 12.5 Å². The Morgan fingerprint density at radius 2 is 2.00 bits per heavy atom. The number of ether oxygens (including phenoxy) is 1. The van der Waals surface area contributed by atoms with Crippen LogP contribution in [0.5, 0.6) is 5.75 Å². The average Bonchev–Trinajstić information content (AvgIpc) is 2.03. The third-order valence-corrected chi connectivity index (χ3v) is 1.92. The second kappa shape index (κ2) is 4.28. The van der Waals surface area contributed by atoms with Crippen molar-refractivity contribution in [3.8, 4) is 5.75 Å². The molecule has 0 spiro atoms. The fraction of sp³-hybridized carbons (Fsp3) is 0.455. The molecule has 1 aromatic rings. The van der Waals surface area contributed by atoms with Crippen LogP contribution in [-0.4, -0.2) is 26.1 Å². The summed E-state index contributed by atoms with van der Waals surface area (Å²) in [6.07, 6.45) is 0. The summed E-state index contributed by atoms with van der Waals surface area (Å²) in [6.45, 7) is 3.02. The van der Waals surface area contributed by atoms with Gasteiger partial charge in [0.1, 0.15) is 5.75 Å². The molecule has 0 aliphatic carbocycles. The third-order valence-electron chi connectivity index (χ3n) is 1.92.